The average molecular weight is 222 g/mol. The lowest BCUT2D eigenvalue weighted by molar-refractivity contribution is 0.174. The molecule has 0 fully saturated rings. The van der Waals surface area contributed by atoms with Crippen molar-refractivity contribution in [2.45, 2.75) is 13.8 Å². The lowest BCUT2D eigenvalue weighted by Crippen LogP contribution is -2.20. The maximum Gasteiger partial charge on any atom is 0.231 e. The average Bonchev–Trinajstić information content (AvgIpc) is 2.72. The van der Waals surface area contributed by atoms with Crippen LogP contribution in [-0.2, 0) is 0 Å². The van der Waals surface area contributed by atoms with E-state index in [1.54, 1.807) is 0 Å². The van der Waals surface area contributed by atoms with Crippen molar-refractivity contribution in [2.75, 3.05) is 25.2 Å². The van der Waals surface area contributed by atoms with E-state index < -0.39 is 0 Å². The fourth-order valence-corrected chi connectivity index (χ4v) is 1.60. The second-order valence-electron chi connectivity index (χ2n) is 4.24. The van der Waals surface area contributed by atoms with E-state index in [0.717, 1.165) is 29.3 Å². The summed E-state index contributed by atoms with van der Waals surface area (Å²) >= 11 is 0. The third-order valence-electron chi connectivity index (χ3n) is 2.76. The van der Waals surface area contributed by atoms with Crippen LogP contribution in [-0.4, -0.2) is 19.9 Å². The van der Waals surface area contributed by atoms with E-state index in [1.165, 1.54) is 0 Å². The van der Waals surface area contributed by atoms with Crippen molar-refractivity contribution in [2.24, 2.45) is 11.7 Å². The first kappa shape index (κ1) is 11.1. The third-order valence-corrected chi connectivity index (χ3v) is 2.76. The Labute approximate surface area is 95.7 Å². The molecule has 16 heavy (non-hydrogen) atoms. The Morgan fingerprint density at radius 3 is 2.75 bits per heavy atom. The molecule has 4 nitrogen and oxygen atoms in total. The normalized spacial score (nSPS) is 14.9. The van der Waals surface area contributed by atoms with Crippen LogP contribution in [0.5, 0.6) is 11.5 Å². The number of nitrogens with one attached hydrogen (secondary N) is 1. The molecule has 4 heteroatoms. The van der Waals surface area contributed by atoms with Crippen LogP contribution in [0.25, 0.3) is 0 Å². The zero-order valence-electron chi connectivity index (χ0n) is 9.75. The molecular weight excluding hydrogens is 204 g/mol. The fourth-order valence-electron chi connectivity index (χ4n) is 1.60. The largest absolute Gasteiger partial charge is 0.454 e. The summed E-state index contributed by atoms with van der Waals surface area (Å²) in [4.78, 5) is 0. The predicted octanol–water partition coefficient (Wildman–Crippen LogP) is 1.73. The molecule has 2 rings (SSSR count). The van der Waals surface area contributed by atoms with Gasteiger partial charge in [0.25, 0.3) is 0 Å². The highest BCUT2D eigenvalue weighted by Gasteiger charge is 2.15. The van der Waals surface area contributed by atoms with Gasteiger partial charge in [0.2, 0.25) is 6.79 Å². The van der Waals surface area contributed by atoms with Gasteiger partial charge in [0.1, 0.15) is 0 Å². The van der Waals surface area contributed by atoms with Crippen LogP contribution >= 0.6 is 0 Å². The molecule has 0 amide bonds. The van der Waals surface area contributed by atoms with E-state index in [4.69, 9.17) is 15.2 Å². The number of rotatable bonds is 4. The number of hydrogen-bond acceptors (Lipinski definition) is 4. The highest BCUT2D eigenvalue weighted by atomic mass is 16.7. The quantitative estimate of drug-likeness (QED) is 0.814. The summed E-state index contributed by atoms with van der Waals surface area (Å²) in [6.07, 6.45) is 0. The second kappa shape index (κ2) is 4.61. The standard InChI is InChI=1S/C12H18N2O2/c1-8(5-13)6-14-10-4-12-11(3-9(10)2)15-7-16-12/h3-4,8,14H,5-7,13H2,1-2H3. The minimum atomic E-state index is 0.317. The SMILES string of the molecule is Cc1cc2c(cc1NCC(C)CN)OCO2. The van der Waals surface area contributed by atoms with Crippen LogP contribution < -0.4 is 20.5 Å². The molecule has 1 aliphatic heterocycles. The van der Waals surface area contributed by atoms with Gasteiger partial charge in [-0.3, -0.25) is 0 Å². The van der Waals surface area contributed by atoms with E-state index in [9.17, 15) is 0 Å². The molecule has 0 spiro atoms. The molecule has 1 aromatic carbocycles. The zero-order valence-corrected chi connectivity index (χ0v) is 9.75. The first-order valence-corrected chi connectivity index (χ1v) is 5.55. The molecule has 1 unspecified atom stereocenters. The minimum absolute atomic E-state index is 0.317. The van der Waals surface area contributed by atoms with Crippen molar-refractivity contribution in [3.05, 3.63) is 17.7 Å². The molecule has 3 N–H and O–H groups in total. The highest BCUT2D eigenvalue weighted by Crippen LogP contribution is 2.36. The Balaban J connectivity index is 2.09. The van der Waals surface area contributed by atoms with Gasteiger partial charge >= 0.3 is 0 Å². The lowest BCUT2D eigenvalue weighted by Gasteiger charge is -2.13. The Bertz CT molecular complexity index is 380. The van der Waals surface area contributed by atoms with Crippen LogP contribution in [0.15, 0.2) is 12.1 Å². The molecule has 1 atom stereocenters. The number of hydrogen-bond donors (Lipinski definition) is 2. The number of fused-ring (bicyclic) bond motifs is 1. The summed E-state index contributed by atoms with van der Waals surface area (Å²) in [6, 6.07) is 3.98. The van der Waals surface area contributed by atoms with Gasteiger partial charge in [-0.25, -0.2) is 0 Å². The van der Waals surface area contributed by atoms with Crippen molar-refractivity contribution in [1.29, 1.82) is 0 Å². The molecule has 0 aliphatic carbocycles. The van der Waals surface area contributed by atoms with E-state index in [0.29, 0.717) is 19.3 Å². The Hall–Kier alpha value is -1.42. The first-order chi connectivity index (χ1) is 7.70. The molecule has 88 valence electrons. The van der Waals surface area contributed by atoms with E-state index in [-0.39, 0.29) is 0 Å². The van der Waals surface area contributed by atoms with Crippen molar-refractivity contribution in [3.63, 3.8) is 0 Å². The Morgan fingerprint density at radius 1 is 1.38 bits per heavy atom. The molecule has 0 aromatic heterocycles. The van der Waals surface area contributed by atoms with Crippen molar-refractivity contribution in [1.82, 2.24) is 0 Å². The van der Waals surface area contributed by atoms with E-state index in [2.05, 4.69) is 19.2 Å². The summed E-state index contributed by atoms with van der Waals surface area (Å²) in [5.41, 5.74) is 7.83. The van der Waals surface area contributed by atoms with Gasteiger partial charge < -0.3 is 20.5 Å². The lowest BCUT2D eigenvalue weighted by atomic mass is 10.1. The second-order valence-corrected chi connectivity index (χ2v) is 4.24. The Kier molecular flexibility index (Phi) is 3.19. The minimum Gasteiger partial charge on any atom is -0.454 e. The first-order valence-electron chi connectivity index (χ1n) is 5.55. The molecule has 1 heterocycles. The number of benzene rings is 1. The van der Waals surface area contributed by atoms with Gasteiger partial charge in [-0.1, -0.05) is 6.92 Å². The third kappa shape index (κ3) is 2.22. The van der Waals surface area contributed by atoms with Gasteiger partial charge in [-0.05, 0) is 31.0 Å². The Morgan fingerprint density at radius 2 is 2.06 bits per heavy atom. The topological polar surface area (TPSA) is 56.5 Å². The van der Waals surface area contributed by atoms with E-state index in [1.807, 2.05) is 12.1 Å². The van der Waals surface area contributed by atoms with Crippen LogP contribution in [0.3, 0.4) is 0 Å². The molecule has 1 aromatic rings. The van der Waals surface area contributed by atoms with Gasteiger partial charge in [0.05, 0.1) is 0 Å². The summed E-state index contributed by atoms with van der Waals surface area (Å²) in [6.45, 7) is 6.05. The molecular formula is C12H18N2O2. The summed E-state index contributed by atoms with van der Waals surface area (Å²) in [5, 5.41) is 3.38. The predicted molar refractivity (Wildman–Crippen MR) is 64.0 cm³/mol. The van der Waals surface area contributed by atoms with Gasteiger partial charge in [-0.15, -0.1) is 0 Å². The van der Waals surface area contributed by atoms with Gasteiger partial charge in [0.15, 0.2) is 11.5 Å². The van der Waals surface area contributed by atoms with E-state index >= 15 is 0 Å². The van der Waals surface area contributed by atoms with Crippen LogP contribution in [0.4, 0.5) is 5.69 Å². The van der Waals surface area contributed by atoms with Crippen LogP contribution in [0.2, 0.25) is 0 Å². The molecule has 1 aliphatic rings. The summed E-state index contributed by atoms with van der Waals surface area (Å²) in [7, 11) is 0. The molecule has 0 bridgehead atoms. The summed E-state index contributed by atoms with van der Waals surface area (Å²) in [5.74, 6) is 2.10. The van der Waals surface area contributed by atoms with Crippen LogP contribution in [0.1, 0.15) is 12.5 Å². The summed E-state index contributed by atoms with van der Waals surface area (Å²) < 4.78 is 10.7. The van der Waals surface area contributed by atoms with Crippen molar-refractivity contribution in [3.8, 4) is 11.5 Å². The monoisotopic (exact) mass is 222 g/mol. The number of nitrogens with two attached hydrogens (primary N) is 1. The number of anilines is 1. The smallest absolute Gasteiger partial charge is 0.231 e. The molecule has 0 saturated carbocycles. The number of aryl methyl sites for hydroxylation is 1. The van der Waals surface area contributed by atoms with Crippen molar-refractivity contribution < 1.29 is 9.47 Å². The number of ether oxygens (including phenoxy) is 2. The van der Waals surface area contributed by atoms with Gasteiger partial charge in [0, 0.05) is 18.3 Å². The van der Waals surface area contributed by atoms with Crippen molar-refractivity contribution >= 4 is 5.69 Å². The fraction of sp³-hybridized carbons (Fsp3) is 0.500. The maximum absolute atomic E-state index is 5.58. The van der Waals surface area contributed by atoms with Gasteiger partial charge in [-0.2, -0.15) is 0 Å². The molecule has 0 radical (unpaired) electrons. The zero-order chi connectivity index (χ0) is 11.5. The maximum atomic E-state index is 5.58. The molecule has 0 saturated heterocycles. The van der Waals surface area contributed by atoms with Crippen LogP contribution in [0, 0.1) is 12.8 Å². The highest BCUT2D eigenvalue weighted by molar-refractivity contribution is 5.60.